The zero-order chi connectivity index (χ0) is 14.8. The van der Waals surface area contributed by atoms with E-state index in [0.717, 1.165) is 12.8 Å². The van der Waals surface area contributed by atoms with Gasteiger partial charge >= 0.3 is 0 Å². The van der Waals surface area contributed by atoms with E-state index in [9.17, 15) is 13.2 Å². The molecule has 1 unspecified atom stereocenters. The van der Waals surface area contributed by atoms with Gasteiger partial charge in [0.15, 0.2) is 0 Å². The first-order valence-electron chi connectivity index (χ1n) is 6.51. The third-order valence-corrected chi connectivity index (χ3v) is 4.85. The number of carbonyl (C=O) groups is 1. The SMILES string of the molecule is CNS(=O)(=O)c1ccc(C(=O)NCC(N)C2CC2)cc1. The lowest BCUT2D eigenvalue weighted by molar-refractivity contribution is 0.0950. The summed E-state index contributed by atoms with van der Waals surface area (Å²) in [6.07, 6.45) is 2.27. The van der Waals surface area contributed by atoms with Crippen LogP contribution in [0.2, 0.25) is 0 Å². The van der Waals surface area contributed by atoms with Gasteiger partial charge in [0.1, 0.15) is 0 Å². The Morgan fingerprint density at radius 1 is 1.35 bits per heavy atom. The molecule has 0 bridgehead atoms. The number of hydrogen-bond acceptors (Lipinski definition) is 4. The molecule has 1 aliphatic rings. The van der Waals surface area contributed by atoms with Gasteiger partial charge in [-0.15, -0.1) is 0 Å². The zero-order valence-electron chi connectivity index (χ0n) is 11.3. The van der Waals surface area contributed by atoms with Crippen LogP contribution >= 0.6 is 0 Å². The van der Waals surface area contributed by atoms with Crippen molar-refractivity contribution >= 4 is 15.9 Å². The van der Waals surface area contributed by atoms with Gasteiger partial charge in [-0.25, -0.2) is 13.1 Å². The van der Waals surface area contributed by atoms with Crippen molar-refractivity contribution in [3.8, 4) is 0 Å². The van der Waals surface area contributed by atoms with Crippen molar-refractivity contribution in [1.29, 1.82) is 0 Å². The van der Waals surface area contributed by atoms with Crippen LogP contribution < -0.4 is 15.8 Å². The molecule has 6 nitrogen and oxygen atoms in total. The van der Waals surface area contributed by atoms with Gasteiger partial charge in [0, 0.05) is 18.2 Å². The third kappa shape index (κ3) is 3.56. The summed E-state index contributed by atoms with van der Waals surface area (Å²) in [5, 5.41) is 2.76. The quantitative estimate of drug-likeness (QED) is 0.691. The molecule has 1 saturated carbocycles. The highest BCUT2D eigenvalue weighted by atomic mass is 32.2. The summed E-state index contributed by atoms with van der Waals surface area (Å²) in [7, 11) is -2.13. The average Bonchev–Trinajstić information content (AvgIpc) is 3.29. The number of amides is 1. The number of sulfonamides is 1. The number of nitrogens with one attached hydrogen (secondary N) is 2. The van der Waals surface area contributed by atoms with Crippen LogP contribution in [0, 0.1) is 5.92 Å². The van der Waals surface area contributed by atoms with Crippen molar-refractivity contribution in [3.63, 3.8) is 0 Å². The molecule has 1 aromatic carbocycles. The van der Waals surface area contributed by atoms with E-state index >= 15 is 0 Å². The van der Waals surface area contributed by atoms with E-state index < -0.39 is 10.0 Å². The highest BCUT2D eigenvalue weighted by molar-refractivity contribution is 7.89. The minimum absolute atomic E-state index is 0.00268. The molecule has 110 valence electrons. The van der Waals surface area contributed by atoms with E-state index in [1.165, 1.54) is 31.3 Å². The number of benzene rings is 1. The Morgan fingerprint density at radius 3 is 2.45 bits per heavy atom. The summed E-state index contributed by atoms with van der Waals surface area (Å²) in [6.45, 7) is 0.445. The Kier molecular flexibility index (Phi) is 4.42. The van der Waals surface area contributed by atoms with E-state index in [4.69, 9.17) is 5.73 Å². The minimum atomic E-state index is -3.47. The van der Waals surface area contributed by atoms with Crippen LogP contribution in [-0.4, -0.2) is 34.0 Å². The smallest absolute Gasteiger partial charge is 0.251 e. The van der Waals surface area contributed by atoms with Crippen LogP contribution in [0.3, 0.4) is 0 Å². The molecule has 0 aliphatic heterocycles. The zero-order valence-corrected chi connectivity index (χ0v) is 12.1. The lowest BCUT2D eigenvalue weighted by atomic mass is 10.2. The Hall–Kier alpha value is -1.44. The topological polar surface area (TPSA) is 101 Å². The highest BCUT2D eigenvalue weighted by Crippen LogP contribution is 2.31. The second-order valence-electron chi connectivity index (χ2n) is 4.94. The predicted octanol–water partition coefficient (Wildman–Crippen LogP) is 0.0618. The minimum Gasteiger partial charge on any atom is -0.350 e. The fraction of sp³-hybridized carbons (Fsp3) is 0.462. The van der Waals surface area contributed by atoms with Gasteiger partial charge in [-0.1, -0.05) is 0 Å². The number of hydrogen-bond donors (Lipinski definition) is 3. The van der Waals surface area contributed by atoms with Crippen LogP contribution in [0.15, 0.2) is 29.2 Å². The van der Waals surface area contributed by atoms with Gasteiger partial charge in [0.25, 0.3) is 5.91 Å². The van der Waals surface area contributed by atoms with E-state index in [1.54, 1.807) is 0 Å². The van der Waals surface area contributed by atoms with Crippen LogP contribution in [0.5, 0.6) is 0 Å². The van der Waals surface area contributed by atoms with Crippen LogP contribution in [0.4, 0.5) is 0 Å². The molecule has 0 spiro atoms. The summed E-state index contributed by atoms with van der Waals surface area (Å²) in [5.41, 5.74) is 6.32. The van der Waals surface area contributed by atoms with E-state index in [0.29, 0.717) is 18.0 Å². The molecular weight excluding hydrogens is 278 g/mol. The van der Waals surface area contributed by atoms with Gasteiger partial charge in [0.05, 0.1) is 4.90 Å². The van der Waals surface area contributed by atoms with Gasteiger partial charge < -0.3 is 11.1 Å². The maximum absolute atomic E-state index is 11.9. The molecule has 4 N–H and O–H groups in total. The molecule has 0 aromatic heterocycles. The molecule has 20 heavy (non-hydrogen) atoms. The molecular formula is C13H19N3O3S. The first-order chi connectivity index (χ1) is 9.44. The summed E-state index contributed by atoms with van der Waals surface area (Å²) in [6, 6.07) is 5.79. The summed E-state index contributed by atoms with van der Waals surface area (Å²) >= 11 is 0. The van der Waals surface area contributed by atoms with Gasteiger partial charge in [-0.3, -0.25) is 4.79 Å². The summed E-state index contributed by atoms with van der Waals surface area (Å²) in [5.74, 6) is 0.285. The van der Waals surface area contributed by atoms with Gasteiger partial charge in [-0.05, 0) is 50.1 Å². The Balaban J connectivity index is 1.96. The van der Waals surface area contributed by atoms with Gasteiger partial charge in [0.2, 0.25) is 10.0 Å². The molecule has 0 radical (unpaired) electrons. The first kappa shape index (κ1) is 15.0. The Morgan fingerprint density at radius 2 is 1.95 bits per heavy atom. The molecule has 7 heteroatoms. The fourth-order valence-electron chi connectivity index (χ4n) is 1.91. The largest absolute Gasteiger partial charge is 0.350 e. The molecule has 2 rings (SSSR count). The molecule has 1 aliphatic carbocycles. The average molecular weight is 297 g/mol. The summed E-state index contributed by atoms with van der Waals surface area (Å²) in [4.78, 5) is 12.0. The number of rotatable bonds is 6. The van der Waals surface area contributed by atoms with Crippen molar-refractivity contribution in [2.75, 3.05) is 13.6 Å². The highest BCUT2D eigenvalue weighted by Gasteiger charge is 2.28. The second-order valence-corrected chi connectivity index (χ2v) is 6.83. The standard InChI is InChI=1S/C13H19N3O3S/c1-15-20(18,19)11-6-4-10(5-7-11)13(17)16-8-12(14)9-2-3-9/h4-7,9,12,15H,2-3,8,14H2,1H3,(H,16,17). The summed E-state index contributed by atoms with van der Waals surface area (Å²) < 4.78 is 25.3. The van der Waals surface area contributed by atoms with Crippen molar-refractivity contribution in [2.45, 2.75) is 23.8 Å². The van der Waals surface area contributed by atoms with Crippen LogP contribution in [0.1, 0.15) is 23.2 Å². The second kappa shape index (κ2) is 5.90. The Bertz CT molecular complexity index is 579. The Labute approximate surface area is 118 Å². The van der Waals surface area contributed by atoms with E-state index in [-0.39, 0.29) is 16.8 Å². The lowest BCUT2D eigenvalue weighted by Crippen LogP contribution is -2.38. The predicted molar refractivity (Wildman–Crippen MR) is 75.7 cm³/mol. The molecule has 1 atom stereocenters. The van der Waals surface area contributed by atoms with Crippen molar-refractivity contribution in [2.24, 2.45) is 11.7 Å². The maximum Gasteiger partial charge on any atom is 0.251 e. The van der Waals surface area contributed by atoms with E-state index in [2.05, 4.69) is 10.0 Å². The lowest BCUT2D eigenvalue weighted by Gasteiger charge is -2.11. The molecule has 1 aromatic rings. The molecule has 0 saturated heterocycles. The van der Waals surface area contributed by atoms with E-state index in [1.807, 2.05) is 0 Å². The number of nitrogens with two attached hydrogens (primary N) is 1. The van der Waals surface area contributed by atoms with Crippen molar-refractivity contribution < 1.29 is 13.2 Å². The van der Waals surface area contributed by atoms with Crippen LogP contribution in [-0.2, 0) is 10.0 Å². The fourth-order valence-corrected chi connectivity index (χ4v) is 2.64. The molecule has 0 heterocycles. The van der Waals surface area contributed by atoms with Crippen LogP contribution in [0.25, 0.3) is 0 Å². The number of carbonyl (C=O) groups excluding carboxylic acids is 1. The third-order valence-electron chi connectivity index (χ3n) is 3.42. The van der Waals surface area contributed by atoms with Gasteiger partial charge in [-0.2, -0.15) is 0 Å². The monoisotopic (exact) mass is 297 g/mol. The molecule has 1 fully saturated rings. The first-order valence-corrected chi connectivity index (χ1v) is 8.00. The van der Waals surface area contributed by atoms with Crippen molar-refractivity contribution in [3.05, 3.63) is 29.8 Å². The van der Waals surface area contributed by atoms with Crippen molar-refractivity contribution in [1.82, 2.24) is 10.0 Å². The maximum atomic E-state index is 11.9. The molecule has 1 amide bonds. The normalized spacial score (nSPS) is 16.7.